The first-order valence-electron chi connectivity index (χ1n) is 6.53. The van der Waals surface area contributed by atoms with Crippen molar-refractivity contribution in [2.24, 2.45) is 0 Å². The lowest BCUT2D eigenvalue weighted by Crippen LogP contribution is -2.35. The molecular formula is C12H20N6O3. The first-order chi connectivity index (χ1) is 9.88. The van der Waals surface area contributed by atoms with Crippen LogP contribution in [0.5, 0.6) is 0 Å². The first-order valence-corrected chi connectivity index (χ1v) is 6.53. The molecule has 9 nitrogen and oxygen atoms in total. The van der Waals surface area contributed by atoms with Gasteiger partial charge in [-0.3, -0.25) is 14.9 Å². The predicted molar refractivity (Wildman–Crippen MR) is 79.4 cm³/mol. The summed E-state index contributed by atoms with van der Waals surface area (Å²) in [4.78, 5) is 33.2. The molecule has 0 saturated carbocycles. The largest absolute Gasteiger partial charge is 0.364 e. The molecule has 21 heavy (non-hydrogen) atoms. The third-order valence-corrected chi connectivity index (χ3v) is 2.76. The minimum Gasteiger partial charge on any atom is -0.364 e. The molecular weight excluding hydrogens is 276 g/mol. The van der Waals surface area contributed by atoms with E-state index < -0.39 is 4.92 Å². The first kappa shape index (κ1) is 16.6. The third-order valence-electron chi connectivity index (χ3n) is 2.76. The summed E-state index contributed by atoms with van der Waals surface area (Å²) in [5, 5.41) is 14.2. The van der Waals surface area contributed by atoms with E-state index in [9.17, 15) is 14.9 Å². The molecule has 0 aliphatic heterocycles. The fourth-order valence-electron chi connectivity index (χ4n) is 1.61. The van der Waals surface area contributed by atoms with Crippen molar-refractivity contribution < 1.29 is 9.72 Å². The summed E-state index contributed by atoms with van der Waals surface area (Å²) in [5.74, 6) is 0.105. The number of nitro groups is 1. The van der Waals surface area contributed by atoms with Crippen LogP contribution in [0.4, 0.5) is 17.3 Å². The van der Waals surface area contributed by atoms with Crippen LogP contribution in [0.15, 0.2) is 6.33 Å². The molecule has 0 aromatic carbocycles. The lowest BCUT2D eigenvalue weighted by molar-refractivity contribution is -0.383. The van der Waals surface area contributed by atoms with Crippen molar-refractivity contribution in [3.8, 4) is 0 Å². The molecule has 1 amide bonds. The minimum absolute atomic E-state index is 0.00191. The zero-order valence-corrected chi connectivity index (χ0v) is 12.7. The molecule has 0 unspecified atom stereocenters. The molecule has 0 atom stereocenters. The van der Waals surface area contributed by atoms with Crippen molar-refractivity contribution in [1.29, 1.82) is 0 Å². The van der Waals surface area contributed by atoms with E-state index in [2.05, 4.69) is 15.3 Å². The summed E-state index contributed by atoms with van der Waals surface area (Å²) in [5.41, 5.74) is -0.222. The van der Waals surface area contributed by atoms with Gasteiger partial charge in [0.25, 0.3) is 0 Å². The molecule has 1 heterocycles. The van der Waals surface area contributed by atoms with Crippen molar-refractivity contribution >= 4 is 23.2 Å². The zero-order valence-electron chi connectivity index (χ0n) is 12.7. The van der Waals surface area contributed by atoms with Gasteiger partial charge in [0.05, 0.1) is 11.5 Å². The molecule has 0 radical (unpaired) electrons. The summed E-state index contributed by atoms with van der Waals surface area (Å²) in [6, 6.07) is 0. The van der Waals surface area contributed by atoms with Gasteiger partial charge in [-0.2, -0.15) is 0 Å². The summed E-state index contributed by atoms with van der Waals surface area (Å²) in [6.07, 6.45) is 2.06. The summed E-state index contributed by atoms with van der Waals surface area (Å²) in [7, 11) is 4.83. The van der Waals surface area contributed by atoms with Crippen molar-refractivity contribution in [1.82, 2.24) is 14.9 Å². The van der Waals surface area contributed by atoms with Gasteiger partial charge in [0.2, 0.25) is 17.5 Å². The third kappa shape index (κ3) is 4.26. The van der Waals surface area contributed by atoms with Gasteiger partial charge in [0.1, 0.15) is 6.33 Å². The molecule has 0 fully saturated rings. The van der Waals surface area contributed by atoms with Gasteiger partial charge in [-0.15, -0.1) is 0 Å². The van der Waals surface area contributed by atoms with Crippen LogP contribution in [-0.2, 0) is 4.79 Å². The normalized spacial score (nSPS) is 10.1. The monoisotopic (exact) mass is 296 g/mol. The molecule has 1 rings (SSSR count). The van der Waals surface area contributed by atoms with Crippen molar-refractivity contribution in [3.63, 3.8) is 0 Å². The number of likely N-dealkylation sites (N-methyl/N-ethyl adjacent to an activating group) is 2. The van der Waals surface area contributed by atoms with E-state index in [-0.39, 0.29) is 29.8 Å². The average Bonchev–Trinajstić information content (AvgIpc) is 2.43. The lowest BCUT2D eigenvalue weighted by atomic mass is 10.3. The van der Waals surface area contributed by atoms with Gasteiger partial charge in [-0.25, -0.2) is 9.97 Å². The maximum absolute atomic E-state index is 11.7. The van der Waals surface area contributed by atoms with Gasteiger partial charge in [0, 0.05) is 27.7 Å². The highest BCUT2D eigenvalue weighted by atomic mass is 16.6. The number of hydrogen-bond acceptors (Lipinski definition) is 7. The van der Waals surface area contributed by atoms with Crippen LogP contribution in [0.25, 0.3) is 0 Å². The Morgan fingerprint density at radius 3 is 2.57 bits per heavy atom. The summed E-state index contributed by atoms with van der Waals surface area (Å²) >= 11 is 0. The minimum atomic E-state index is -0.538. The van der Waals surface area contributed by atoms with Crippen LogP contribution in [0.2, 0.25) is 0 Å². The van der Waals surface area contributed by atoms with Crippen molar-refractivity contribution in [3.05, 3.63) is 16.4 Å². The van der Waals surface area contributed by atoms with Crippen LogP contribution in [0.3, 0.4) is 0 Å². The van der Waals surface area contributed by atoms with E-state index >= 15 is 0 Å². The summed E-state index contributed by atoms with van der Waals surface area (Å²) < 4.78 is 0. The Labute approximate surface area is 123 Å². The molecule has 0 aliphatic carbocycles. The van der Waals surface area contributed by atoms with Crippen LogP contribution in [0.1, 0.15) is 13.3 Å². The standard InChI is InChI=1S/C12H20N6O3/c1-5-6-13-11-10(18(20)21)12(15-8-14-11)17(4)7-9(19)16(2)3/h8H,5-7H2,1-4H3,(H,13,14,15). The van der Waals surface area contributed by atoms with Gasteiger partial charge in [-0.1, -0.05) is 6.92 Å². The molecule has 0 bridgehead atoms. The highest BCUT2D eigenvalue weighted by molar-refractivity contribution is 5.82. The number of rotatable bonds is 7. The fourth-order valence-corrected chi connectivity index (χ4v) is 1.61. The molecule has 1 aromatic rings. The maximum atomic E-state index is 11.7. The Kier molecular flexibility index (Phi) is 5.82. The molecule has 116 valence electrons. The Balaban J connectivity index is 3.10. The second-order valence-corrected chi connectivity index (χ2v) is 4.72. The Hall–Kier alpha value is -2.45. The topological polar surface area (TPSA) is 104 Å². The number of amides is 1. The van der Waals surface area contributed by atoms with Crippen LogP contribution >= 0.6 is 0 Å². The van der Waals surface area contributed by atoms with E-state index in [1.807, 2.05) is 6.92 Å². The zero-order chi connectivity index (χ0) is 16.0. The number of aromatic nitrogens is 2. The van der Waals surface area contributed by atoms with Gasteiger partial charge < -0.3 is 15.1 Å². The molecule has 1 aromatic heterocycles. The van der Waals surface area contributed by atoms with E-state index in [0.717, 1.165) is 6.42 Å². The maximum Gasteiger partial charge on any atom is 0.353 e. The molecule has 1 N–H and O–H groups in total. The Morgan fingerprint density at radius 2 is 2.05 bits per heavy atom. The van der Waals surface area contributed by atoms with E-state index in [0.29, 0.717) is 6.54 Å². The highest BCUT2D eigenvalue weighted by Crippen LogP contribution is 2.30. The molecule has 9 heteroatoms. The van der Waals surface area contributed by atoms with Crippen LogP contribution in [0, 0.1) is 10.1 Å². The number of anilines is 2. The average molecular weight is 296 g/mol. The lowest BCUT2D eigenvalue weighted by Gasteiger charge is -2.20. The fraction of sp³-hybridized carbons (Fsp3) is 0.583. The number of carbonyl (C=O) groups excluding carboxylic acids is 1. The second kappa shape index (κ2) is 7.36. The molecule has 0 spiro atoms. The number of carbonyl (C=O) groups is 1. The van der Waals surface area contributed by atoms with Gasteiger partial charge in [0.15, 0.2) is 0 Å². The van der Waals surface area contributed by atoms with Crippen LogP contribution < -0.4 is 10.2 Å². The Bertz CT molecular complexity index is 520. The molecule has 0 aliphatic rings. The quantitative estimate of drug-likeness (QED) is 0.584. The van der Waals surface area contributed by atoms with Crippen LogP contribution in [-0.4, -0.2) is 59.9 Å². The van der Waals surface area contributed by atoms with Crippen molar-refractivity contribution in [2.75, 3.05) is 44.4 Å². The number of hydrogen-bond donors (Lipinski definition) is 1. The van der Waals surface area contributed by atoms with Crippen molar-refractivity contribution in [2.45, 2.75) is 13.3 Å². The van der Waals surface area contributed by atoms with Gasteiger partial charge >= 0.3 is 5.69 Å². The number of nitrogens with zero attached hydrogens (tertiary/aromatic N) is 5. The molecule has 0 saturated heterocycles. The summed E-state index contributed by atoms with van der Waals surface area (Å²) in [6.45, 7) is 2.51. The number of nitrogens with one attached hydrogen (secondary N) is 1. The van der Waals surface area contributed by atoms with E-state index in [4.69, 9.17) is 0 Å². The Morgan fingerprint density at radius 1 is 1.38 bits per heavy atom. The smallest absolute Gasteiger partial charge is 0.353 e. The SMILES string of the molecule is CCCNc1ncnc(N(C)CC(=O)N(C)C)c1[N+](=O)[O-]. The van der Waals surface area contributed by atoms with Gasteiger partial charge in [-0.05, 0) is 6.42 Å². The predicted octanol–water partition coefficient (Wildman–Crippen LogP) is 0.731. The van der Waals surface area contributed by atoms with E-state index in [1.165, 1.54) is 16.1 Å². The second-order valence-electron chi connectivity index (χ2n) is 4.72. The highest BCUT2D eigenvalue weighted by Gasteiger charge is 2.26. The van der Waals surface area contributed by atoms with E-state index in [1.54, 1.807) is 21.1 Å².